The van der Waals surface area contributed by atoms with Gasteiger partial charge >= 0.3 is 0 Å². The number of anilines is 1. The lowest BCUT2D eigenvalue weighted by atomic mass is 9.96. The fourth-order valence-electron chi connectivity index (χ4n) is 4.22. The van der Waals surface area contributed by atoms with Crippen molar-refractivity contribution >= 4 is 39.6 Å². The van der Waals surface area contributed by atoms with Crippen molar-refractivity contribution in [1.82, 2.24) is 15.3 Å². The first-order valence-electron chi connectivity index (χ1n) is 11.6. The number of benzene rings is 2. The maximum atomic E-state index is 12.8. The Kier molecular flexibility index (Phi) is 7.06. The molecule has 2 aromatic heterocycles. The van der Waals surface area contributed by atoms with Crippen molar-refractivity contribution < 1.29 is 4.79 Å². The van der Waals surface area contributed by atoms with Gasteiger partial charge in [0.1, 0.15) is 5.82 Å². The predicted octanol–water partition coefficient (Wildman–Crippen LogP) is 4.27. The summed E-state index contributed by atoms with van der Waals surface area (Å²) in [5.41, 5.74) is 18.4. The Hall–Kier alpha value is -4.26. The number of nitrogens with zero attached hydrogens (tertiary/aromatic N) is 3. The number of fused-ring (bicyclic) bond motifs is 2. The highest BCUT2D eigenvalue weighted by atomic mass is 16.1. The SMILES string of the molecule is CCc1cnc2ccc(CN=C/C(=C\N)C(=O)NCc3c(C)cc4c(N)nccc4c3C)cc2c1. The summed E-state index contributed by atoms with van der Waals surface area (Å²) in [6.45, 7) is 6.95. The number of nitrogen functional groups attached to an aromatic ring is 1. The number of aromatic nitrogens is 2. The first kappa shape index (κ1) is 23.9. The van der Waals surface area contributed by atoms with Crippen LogP contribution >= 0.6 is 0 Å². The average molecular weight is 467 g/mol. The van der Waals surface area contributed by atoms with E-state index in [2.05, 4.69) is 39.3 Å². The van der Waals surface area contributed by atoms with Gasteiger partial charge in [0.05, 0.1) is 17.6 Å². The van der Waals surface area contributed by atoms with Crippen molar-refractivity contribution in [3.05, 3.63) is 88.4 Å². The Morgan fingerprint density at radius 2 is 1.89 bits per heavy atom. The molecule has 0 spiro atoms. The number of pyridine rings is 2. The normalized spacial score (nSPS) is 12.0. The minimum absolute atomic E-state index is 0.278. The molecule has 0 fully saturated rings. The summed E-state index contributed by atoms with van der Waals surface area (Å²) in [5, 5.41) is 6.00. The van der Waals surface area contributed by atoms with Crippen molar-refractivity contribution in [1.29, 1.82) is 0 Å². The second kappa shape index (κ2) is 10.3. The van der Waals surface area contributed by atoms with Crippen molar-refractivity contribution in [3.63, 3.8) is 0 Å². The Labute approximate surface area is 205 Å². The molecule has 5 N–H and O–H groups in total. The third kappa shape index (κ3) is 5.14. The number of rotatable bonds is 7. The van der Waals surface area contributed by atoms with E-state index in [1.54, 1.807) is 6.20 Å². The number of hydrogen-bond donors (Lipinski definition) is 3. The highest BCUT2D eigenvalue weighted by Gasteiger charge is 2.12. The molecule has 178 valence electrons. The van der Waals surface area contributed by atoms with Crippen molar-refractivity contribution in [2.45, 2.75) is 40.3 Å². The first-order chi connectivity index (χ1) is 16.9. The lowest BCUT2D eigenvalue weighted by molar-refractivity contribution is -0.117. The average Bonchev–Trinajstić information content (AvgIpc) is 2.86. The van der Waals surface area contributed by atoms with Crippen molar-refractivity contribution in [3.8, 4) is 0 Å². The molecule has 0 radical (unpaired) electrons. The summed E-state index contributed by atoms with van der Waals surface area (Å²) >= 11 is 0. The molecule has 0 aliphatic rings. The zero-order valence-electron chi connectivity index (χ0n) is 20.3. The van der Waals surface area contributed by atoms with E-state index in [0.29, 0.717) is 24.5 Å². The van der Waals surface area contributed by atoms with E-state index < -0.39 is 0 Å². The minimum Gasteiger partial charge on any atom is -0.404 e. The molecular weight excluding hydrogens is 436 g/mol. The van der Waals surface area contributed by atoms with E-state index in [1.165, 1.54) is 18.0 Å². The standard InChI is InChI=1S/C28H30N6O/c1-4-19-10-21-11-20(5-6-26(21)33-14-19)13-31-15-22(12-29)28(35)34-16-25-17(2)9-24-23(18(25)3)7-8-32-27(24)30/h5-12,14-15H,4,13,16,29H2,1-3H3,(H2,30,32)(H,34,35)/b22-12+,31-15?. The number of nitrogens with one attached hydrogen (secondary N) is 1. The topological polar surface area (TPSA) is 119 Å². The van der Waals surface area contributed by atoms with Gasteiger partial charge in [-0.05, 0) is 83.8 Å². The molecule has 35 heavy (non-hydrogen) atoms. The quantitative estimate of drug-likeness (QED) is 0.277. The molecule has 0 aliphatic heterocycles. The molecule has 4 aromatic rings. The van der Waals surface area contributed by atoms with E-state index in [-0.39, 0.29) is 5.91 Å². The van der Waals surface area contributed by atoms with Crippen molar-refractivity contribution in [2.24, 2.45) is 10.7 Å². The molecule has 7 nitrogen and oxygen atoms in total. The highest BCUT2D eigenvalue weighted by molar-refractivity contribution is 6.12. The number of hydrogen-bond acceptors (Lipinski definition) is 6. The zero-order chi connectivity index (χ0) is 24.9. The minimum atomic E-state index is -0.278. The van der Waals surface area contributed by atoms with Gasteiger partial charge < -0.3 is 16.8 Å². The van der Waals surface area contributed by atoms with E-state index in [4.69, 9.17) is 11.5 Å². The molecule has 0 aliphatic carbocycles. The lowest BCUT2D eigenvalue weighted by Crippen LogP contribution is -2.26. The van der Waals surface area contributed by atoms with Gasteiger partial charge in [-0.2, -0.15) is 0 Å². The monoisotopic (exact) mass is 466 g/mol. The van der Waals surface area contributed by atoms with Gasteiger partial charge in [0.15, 0.2) is 0 Å². The van der Waals surface area contributed by atoms with E-state index in [9.17, 15) is 4.79 Å². The lowest BCUT2D eigenvalue weighted by Gasteiger charge is -2.15. The van der Waals surface area contributed by atoms with Crippen LogP contribution in [-0.2, 0) is 24.3 Å². The Morgan fingerprint density at radius 3 is 2.66 bits per heavy atom. The van der Waals surface area contributed by atoms with Gasteiger partial charge in [-0.25, -0.2) is 4.98 Å². The summed E-state index contributed by atoms with van der Waals surface area (Å²) in [5.74, 6) is 0.224. The molecule has 7 heteroatoms. The third-order valence-corrected chi connectivity index (χ3v) is 6.30. The zero-order valence-corrected chi connectivity index (χ0v) is 20.3. The number of nitrogens with two attached hydrogens (primary N) is 2. The number of aliphatic imine (C=N–C) groups is 1. The van der Waals surface area contributed by atoms with Gasteiger partial charge in [-0.1, -0.05) is 13.0 Å². The van der Waals surface area contributed by atoms with Crippen LogP contribution in [0.5, 0.6) is 0 Å². The fraction of sp³-hybridized carbons (Fsp3) is 0.214. The number of carbonyl (C=O) groups excluding carboxylic acids is 1. The fourth-order valence-corrected chi connectivity index (χ4v) is 4.22. The predicted molar refractivity (Wildman–Crippen MR) is 143 cm³/mol. The van der Waals surface area contributed by atoms with Crippen molar-refractivity contribution in [2.75, 3.05) is 5.73 Å². The third-order valence-electron chi connectivity index (χ3n) is 6.30. The van der Waals surface area contributed by atoms with Crippen LogP contribution in [0.4, 0.5) is 5.82 Å². The van der Waals surface area contributed by atoms with Crippen LogP contribution in [0.15, 0.2) is 65.6 Å². The molecule has 1 amide bonds. The summed E-state index contributed by atoms with van der Waals surface area (Å²) in [6.07, 6.45) is 7.35. The van der Waals surface area contributed by atoms with Crippen LogP contribution in [0.2, 0.25) is 0 Å². The van der Waals surface area contributed by atoms with E-state index in [0.717, 1.165) is 50.4 Å². The molecular formula is C28H30N6O. The van der Waals surface area contributed by atoms with Gasteiger partial charge in [-0.15, -0.1) is 0 Å². The summed E-state index contributed by atoms with van der Waals surface area (Å²) in [4.78, 5) is 25.9. The maximum absolute atomic E-state index is 12.8. The smallest absolute Gasteiger partial charge is 0.254 e. The second-order valence-corrected chi connectivity index (χ2v) is 8.59. The Bertz CT molecular complexity index is 1470. The molecule has 0 saturated heterocycles. The van der Waals surface area contributed by atoms with Gasteiger partial charge in [0, 0.05) is 42.1 Å². The number of aryl methyl sites for hydroxylation is 3. The Balaban J connectivity index is 1.44. The van der Waals surface area contributed by atoms with Crippen LogP contribution in [0.1, 0.15) is 34.7 Å². The van der Waals surface area contributed by atoms with Crippen LogP contribution in [0, 0.1) is 13.8 Å². The molecule has 2 aromatic carbocycles. The van der Waals surface area contributed by atoms with E-state index in [1.807, 2.05) is 44.3 Å². The van der Waals surface area contributed by atoms with Gasteiger partial charge in [0.2, 0.25) is 0 Å². The van der Waals surface area contributed by atoms with Crippen LogP contribution in [0.3, 0.4) is 0 Å². The molecule has 0 saturated carbocycles. The number of carbonyl (C=O) groups is 1. The van der Waals surface area contributed by atoms with Crippen LogP contribution < -0.4 is 16.8 Å². The van der Waals surface area contributed by atoms with Crippen LogP contribution in [0.25, 0.3) is 21.7 Å². The second-order valence-electron chi connectivity index (χ2n) is 8.59. The summed E-state index contributed by atoms with van der Waals surface area (Å²) in [6, 6.07) is 12.2. The maximum Gasteiger partial charge on any atom is 0.254 e. The van der Waals surface area contributed by atoms with Crippen LogP contribution in [-0.4, -0.2) is 22.1 Å². The first-order valence-corrected chi connectivity index (χ1v) is 11.6. The molecule has 0 atom stereocenters. The molecule has 0 unspecified atom stereocenters. The summed E-state index contributed by atoms with van der Waals surface area (Å²) in [7, 11) is 0. The largest absolute Gasteiger partial charge is 0.404 e. The van der Waals surface area contributed by atoms with Gasteiger partial charge in [-0.3, -0.25) is 14.8 Å². The summed E-state index contributed by atoms with van der Waals surface area (Å²) < 4.78 is 0. The Morgan fingerprint density at radius 1 is 1.09 bits per heavy atom. The molecule has 2 heterocycles. The van der Waals surface area contributed by atoms with E-state index >= 15 is 0 Å². The molecule has 4 rings (SSSR count). The number of amides is 1. The molecule has 0 bridgehead atoms. The van der Waals surface area contributed by atoms with Gasteiger partial charge in [0.25, 0.3) is 5.91 Å². The highest BCUT2D eigenvalue weighted by Crippen LogP contribution is 2.27.